The number of aliphatic hydroxyl groups excluding tert-OH is 1. The molecule has 0 saturated heterocycles. The van der Waals surface area contributed by atoms with Crippen LogP contribution in [0.25, 0.3) is 44.8 Å². The van der Waals surface area contributed by atoms with Crippen LogP contribution in [0.5, 0.6) is 0 Å². The van der Waals surface area contributed by atoms with E-state index in [1.54, 1.807) is 44.2 Å². The van der Waals surface area contributed by atoms with Gasteiger partial charge in [-0.3, -0.25) is 0 Å². The molecule has 22 heteroatoms. The lowest BCUT2D eigenvalue weighted by atomic mass is 9.96. The number of anilines is 2. The van der Waals surface area contributed by atoms with Gasteiger partial charge in [-0.2, -0.15) is 23.7 Å². The van der Waals surface area contributed by atoms with Crippen LogP contribution in [0.4, 0.5) is 33.6 Å². The van der Waals surface area contributed by atoms with Crippen molar-refractivity contribution in [3.63, 3.8) is 0 Å². The van der Waals surface area contributed by atoms with Crippen LogP contribution in [-0.4, -0.2) is 61.6 Å². The first-order valence-corrected chi connectivity index (χ1v) is 21.6. The fourth-order valence-electron chi connectivity index (χ4n) is 5.90. The summed E-state index contributed by atoms with van der Waals surface area (Å²) in [6.07, 6.45) is -2.41. The minimum Gasteiger partial charge on any atom is -0.396 e. The largest absolute Gasteiger partial charge is 0.416 e. The van der Waals surface area contributed by atoms with Crippen LogP contribution < -0.4 is 20.9 Å². The van der Waals surface area contributed by atoms with Crippen LogP contribution >= 0.6 is 0 Å². The van der Waals surface area contributed by atoms with Gasteiger partial charge in [-0.1, -0.05) is 57.2 Å². The molecule has 0 aliphatic carbocycles. The Kier molecular flexibility index (Phi) is 14.4. The molecule has 0 aliphatic heterocycles. The molecule has 0 saturated carbocycles. The van der Waals surface area contributed by atoms with Gasteiger partial charge >= 0.3 is 6.18 Å². The molecular formula is C42H37F5N10O5S2. The van der Waals surface area contributed by atoms with Gasteiger partial charge in [-0.05, 0) is 53.6 Å². The van der Waals surface area contributed by atoms with Crippen molar-refractivity contribution in [3.05, 3.63) is 120 Å². The molecule has 0 aliphatic rings. The standard InChI is InChI=1S/C22H22FN5O3S.C20H15F4N5O2S/c1-22(2,13-29)12-27-32(30,31)19-6-4-3-5-15(19)14-7-8-16(17(23)9-14)21-18(10-24)28-20(25)11-26-21;1-2-28-32(30,31)17-8-12(20(22,23)24)4-6-13(17)11-3-5-14(15(21)7-11)19-16(9-25)29-18(26)10-27-19/h3-9,11,27,29H,12-13H2,1-2H3,(H2,25,28);3-8,10,28H,2H2,1H3,(H2,26,29). The van der Waals surface area contributed by atoms with Gasteiger partial charge in [-0.15, -0.1) is 0 Å². The number of alkyl halides is 3. The number of nitrogens with one attached hydrogen (secondary N) is 2. The molecule has 0 spiro atoms. The van der Waals surface area contributed by atoms with Crippen LogP contribution in [0.1, 0.15) is 37.7 Å². The summed E-state index contributed by atoms with van der Waals surface area (Å²) >= 11 is 0. The maximum Gasteiger partial charge on any atom is 0.416 e. The lowest BCUT2D eigenvalue weighted by molar-refractivity contribution is -0.137. The SMILES string of the molecule is CC(C)(CO)CNS(=O)(=O)c1ccccc1-c1ccc(-c2ncc(N)nc2C#N)c(F)c1.CCNS(=O)(=O)c1cc(C(F)(F)F)ccc1-c1ccc(-c2ncc(N)nc2C#N)c(F)c1. The molecule has 0 unspecified atom stereocenters. The molecule has 15 nitrogen and oxygen atoms in total. The van der Waals surface area contributed by atoms with Gasteiger partial charge in [-0.25, -0.2) is 55.0 Å². The predicted molar refractivity (Wildman–Crippen MR) is 226 cm³/mol. The molecule has 2 aromatic heterocycles. The van der Waals surface area contributed by atoms with Crippen LogP contribution in [0.2, 0.25) is 0 Å². The van der Waals surface area contributed by atoms with Gasteiger partial charge in [0.25, 0.3) is 0 Å². The van der Waals surface area contributed by atoms with Gasteiger partial charge in [0.1, 0.15) is 46.8 Å². The Morgan fingerprint density at radius 1 is 0.688 bits per heavy atom. The molecule has 0 atom stereocenters. The van der Waals surface area contributed by atoms with Gasteiger partial charge in [0.15, 0.2) is 11.4 Å². The minimum atomic E-state index is -4.77. The van der Waals surface area contributed by atoms with E-state index in [9.17, 15) is 50.0 Å². The second-order valence-corrected chi connectivity index (χ2v) is 17.9. The molecule has 0 fully saturated rings. The highest BCUT2D eigenvalue weighted by molar-refractivity contribution is 7.90. The van der Waals surface area contributed by atoms with E-state index in [-0.39, 0.29) is 81.3 Å². The topological polar surface area (TPSA) is 264 Å². The van der Waals surface area contributed by atoms with Crippen LogP contribution in [0.15, 0.2) is 101 Å². The first-order chi connectivity index (χ1) is 30.0. The number of nitrogen functional groups attached to an aromatic ring is 2. The first-order valence-electron chi connectivity index (χ1n) is 18.6. The van der Waals surface area contributed by atoms with Crippen molar-refractivity contribution in [2.75, 3.05) is 31.2 Å². The van der Waals surface area contributed by atoms with Gasteiger partial charge in [0, 0.05) is 47.4 Å². The number of nitriles is 2. The fourth-order valence-corrected chi connectivity index (χ4v) is 8.66. The van der Waals surface area contributed by atoms with Gasteiger partial charge in [0.2, 0.25) is 20.0 Å². The van der Waals surface area contributed by atoms with Crippen molar-refractivity contribution in [1.29, 1.82) is 10.5 Å². The van der Waals surface area contributed by atoms with Gasteiger partial charge in [0.05, 0.1) is 27.7 Å². The van der Waals surface area contributed by atoms with Crippen molar-refractivity contribution in [1.82, 2.24) is 29.4 Å². The molecule has 6 aromatic rings. The number of rotatable bonds is 12. The van der Waals surface area contributed by atoms with E-state index < -0.39 is 53.7 Å². The highest BCUT2D eigenvalue weighted by atomic mass is 32.2. The lowest BCUT2D eigenvalue weighted by Gasteiger charge is -2.22. The smallest absolute Gasteiger partial charge is 0.396 e. The van der Waals surface area contributed by atoms with Crippen molar-refractivity contribution < 1.29 is 43.9 Å². The zero-order chi connectivity index (χ0) is 47.2. The molecule has 332 valence electrons. The maximum atomic E-state index is 15.0. The number of hydrogen-bond donors (Lipinski definition) is 5. The van der Waals surface area contributed by atoms with Crippen LogP contribution in [0, 0.1) is 39.7 Å². The third-order valence-corrected chi connectivity index (χ3v) is 12.2. The van der Waals surface area contributed by atoms with E-state index in [4.69, 9.17) is 11.5 Å². The number of benzene rings is 4. The Morgan fingerprint density at radius 2 is 1.16 bits per heavy atom. The summed E-state index contributed by atoms with van der Waals surface area (Å²) in [6.45, 7) is 4.71. The molecule has 7 N–H and O–H groups in total. The molecule has 6 rings (SSSR count). The number of nitrogens with two attached hydrogens (primary N) is 2. The summed E-state index contributed by atoms with van der Waals surface area (Å²) in [7, 11) is -8.25. The van der Waals surface area contributed by atoms with E-state index >= 15 is 4.39 Å². The van der Waals surface area contributed by atoms with Crippen molar-refractivity contribution in [3.8, 4) is 56.9 Å². The number of aliphatic hydroxyl groups is 1. The summed E-state index contributed by atoms with van der Waals surface area (Å²) in [5.41, 5.74) is 9.28. The van der Waals surface area contributed by atoms with Crippen LogP contribution in [0.3, 0.4) is 0 Å². The van der Waals surface area contributed by atoms with E-state index in [0.29, 0.717) is 23.3 Å². The zero-order valence-corrected chi connectivity index (χ0v) is 35.5. The quantitative estimate of drug-likeness (QED) is 0.0831. The summed E-state index contributed by atoms with van der Waals surface area (Å²) in [5, 5.41) is 27.8. The highest BCUT2D eigenvalue weighted by Crippen LogP contribution is 2.37. The second-order valence-electron chi connectivity index (χ2n) is 14.5. The molecule has 4 aromatic carbocycles. The summed E-state index contributed by atoms with van der Waals surface area (Å²) in [6, 6.07) is 19.6. The monoisotopic (exact) mass is 920 g/mol. The normalized spacial score (nSPS) is 11.9. The zero-order valence-electron chi connectivity index (χ0n) is 33.9. The van der Waals surface area contributed by atoms with Crippen molar-refractivity contribution in [2.45, 2.75) is 36.7 Å². The average Bonchev–Trinajstić information content (AvgIpc) is 3.25. The van der Waals surface area contributed by atoms with Crippen LogP contribution in [-0.2, 0) is 26.2 Å². The third kappa shape index (κ3) is 11.0. The number of hydrogen-bond acceptors (Lipinski definition) is 13. The predicted octanol–water partition coefficient (Wildman–Crippen LogP) is 6.42. The molecule has 2 heterocycles. The summed E-state index contributed by atoms with van der Waals surface area (Å²) in [4.78, 5) is 14.9. The Hall–Kier alpha value is -6.95. The van der Waals surface area contributed by atoms with Crippen molar-refractivity contribution >= 4 is 31.7 Å². The number of aromatic nitrogens is 4. The molecule has 0 bridgehead atoms. The second kappa shape index (κ2) is 19.2. The third-order valence-electron chi connectivity index (χ3n) is 9.14. The number of nitrogens with zero attached hydrogens (tertiary/aromatic N) is 6. The maximum absolute atomic E-state index is 15.0. The van der Waals surface area contributed by atoms with E-state index in [2.05, 4.69) is 29.4 Å². The van der Waals surface area contributed by atoms with E-state index in [1.807, 2.05) is 6.07 Å². The Labute approximate surface area is 364 Å². The lowest BCUT2D eigenvalue weighted by Crippen LogP contribution is -2.36. The molecule has 0 radical (unpaired) electrons. The Morgan fingerprint density at radius 3 is 1.61 bits per heavy atom. The molecular weight excluding hydrogens is 884 g/mol. The first kappa shape index (κ1) is 48.1. The molecule has 64 heavy (non-hydrogen) atoms. The fraction of sp³-hybridized carbons (Fsp3) is 0.190. The van der Waals surface area contributed by atoms with E-state index in [0.717, 1.165) is 18.3 Å². The molecule has 0 amide bonds. The number of sulfonamides is 2. The summed E-state index contributed by atoms with van der Waals surface area (Å²) < 4.78 is 125. The number of halogens is 5. The van der Waals surface area contributed by atoms with Crippen molar-refractivity contribution in [2.24, 2.45) is 5.41 Å². The highest BCUT2D eigenvalue weighted by Gasteiger charge is 2.33. The average molecular weight is 921 g/mol. The Balaban J connectivity index is 0.000000241. The summed E-state index contributed by atoms with van der Waals surface area (Å²) in [5.74, 6) is -1.58. The Bertz CT molecular complexity index is 3050. The minimum absolute atomic E-state index is 0.0124. The van der Waals surface area contributed by atoms with E-state index in [1.165, 1.54) is 43.5 Å². The van der Waals surface area contributed by atoms with Gasteiger partial charge < -0.3 is 16.6 Å².